The molecule has 338 valence electrons. The predicted molar refractivity (Wildman–Crippen MR) is 221 cm³/mol. The second kappa shape index (κ2) is 34.6. The molecule has 1 aliphatic carbocycles. The van der Waals surface area contributed by atoms with Crippen LogP contribution < -0.4 is 0 Å². The maximum atomic E-state index is 12.7. The fraction of sp³-hybridized carbons (Fsp3) is 0.953. The number of unbranched alkanes of at least 4 members (excludes halogenated alkanes) is 26. The first-order valence-corrected chi connectivity index (χ1v) is 24.3. The van der Waals surface area contributed by atoms with Crippen LogP contribution >= 0.6 is 7.82 Å². The summed E-state index contributed by atoms with van der Waals surface area (Å²) >= 11 is 0. The summed E-state index contributed by atoms with van der Waals surface area (Å²) in [5.41, 5.74) is 0. The lowest BCUT2D eigenvalue weighted by atomic mass is 9.85. The Bertz CT molecular complexity index is 1020. The van der Waals surface area contributed by atoms with Crippen LogP contribution in [0.1, 0.15) is 206 Å². The highest BCUT2D eigenvalue weighted by Crippen LogP contribution is 2.47. The van der Waals surface area contributed by atoms with E-state index >= 15 is 0 Å². The van der Waals surface area contributed by atoms with E-state index in [0.717, 1.165) is 44.9 Å². The molecule has 57 heavy (non-hydrogen) atoms. The van der Waals surface area contributed by atoms with Crippen LogP contribution in [-0.4, -0.2) is 98.3 Å². The van der Waals surface area contributed by atoms with Gasteiger partial charge in [-0.05, 0) is 12.8 Å². The minimum atomic E-state index is -5.10. The Hall–Kier alpha value is -1.15. The molecule has 0 aliphatic heterocycles. The Morgan fingerprint density at radius 2 is 0.789 bits per heavy atom. The molecule has 0 bridgehead atoms. The topological polar surface area (TPSA) is 210 Å². The van der Waals surface area contributed by atoms with Gasteiger partial charge in [-0.15, -0.1) is 0 Å². The molecule has 0 heterocycles. The van der Waals surface area contributed by atoms with Crippen molar-refractivity contribution in [3.63, 3.8) is 0 Å². The van der Waals surface area contributed by atoms with Crippen molar-refractivity contribution in [2.45, 2.75) is 249 Å². The van der Waals surface area contributed by atoms with E-state index in [1.54, 1.807) is 0 Å². The van der Waals surface area contributed by atoms with Gasteiger partial charge in [-0.1, -0.05) is 181 Å². The molecule has 0 aromatic rings. The SMILES string of the molecule is CCCCCCCCCCCCCCCCCCCCCCCCCC(=O)OC(COC(=O)CCCCCCC)COP(=O)(O)OC1C(O)C(O)C(O)C(O)C1O. The molecule has 13 nitrogen and oxygen atoms in total. The zero-order valence-electron chi connectivity index (χ0n) is 35.7. The number of hydrogen-bond acceptors (Lipinski definition) is 12. The van der Waals surface area contributed by atoms with Crippen molar-refractivity contribution < 1.29 is 63.1 Å². The molecule has 0 saturated heterocycles. The second-order valence-corrected chi connectivity index (χ2v) is 17.7. The molecule has 6 N–H and O–H groups in total. The smallest absolute Gasteiger partial charge is 0.462 e. The van der Waals surface area contributed by atoms with E-state index in [-0.39, 0.29) is 12.8 Å². The van der Waals surface area contributed by atoms with Gasteiger partial charge in [0.1, 0.15) is 43.2 Å². The monoisotopic (exact) mass is 839 g/mol. The molecular weight excluding hydrogens is 755 g/mol. The molecule has 6 unspecified atom stereocenters. The molecule has 14 heteroatoms. The minimum absolute atomic E-state index is 0.104. The summed E-state index contributed by atoms with van der Waals surface area (Å²) in [6.45, 7) is 3.20. The van der Waals surface area contributed by atoms with Crippen LogP contribution in [0.5, 0.6) is 0 Å². The molecule has 0 spiro atoms. The molecule has 1 saturated carbocycles. The highest BCUT2D eigenvalue weighted by molar-refractivity contribution is 7.47. The van der Waals surface area contributed by atoms with Crippen molar-refractivity contribution in [1.82, 2.24) is 0 Å². The molecule has 6 atom stereocenters. The normalized spacial score (nSPS) is 22.6. The summed E-state index contributed by atoms with van der Waals surface area (Å²) in [4.78, 5) is 35.3. The highest BCUT2D eigenvalue weighted by atomic mass is 31.2. The van der Waals surface area contributed by atoms with Gasteiger partial charge in [0, 0.05) is 12.8 Å². The fourth-order valence-corrected chi connectivity index (χ4v) is 8.20. The van der Waals surface area contributed by atoms with Gasteiger partial charge in [0.15, 0.2) is 6.10 Å². The number of aliphatic hydroxyl groups excluding tert-OH is 5. The van der Waals surface area contributed by atoms with Crippen LogP contribution in [0, 0.1) is 0 Å². The number of esters is 2. The van der Waals surface area contributed by atoms with Crippen molar-refractivity contribution in [2.24, 2.45) is 0 Å². The van der Waals surface area contributed by atoms with Crippen LogP contribution in [0.25, 0.3) is 0 Å². The average molecular weight is 839 g/mol. The number of aliphatic hydroxyl groups is 5. The molecule has 0 aromatic carbocycles. The fourth-order valence-electron chi connectivity index (χ4n) is 7.23. The van der Waals surface area contributed by atoms with Crippen molar-refractivity contribution in [3.05, 3.63) is 0 Å². The lowest BCUT2D eigenvalue weighted by Crippen LogP contribution is -2.64. The Morgan fingerprint density at radius 1 is 0.474 bits per heavy atom. The number of carbonyl (C=O) groups is 2. The van der Waals surface area contributed by atoms with Crippen molar-refractivity contribution in [1.29, 1.82) is 0 Å². The zero-order chi connectivity index (χ0) is 42.2. The first-order chi connectivity index (χ1) is 27.4. The van der Waals surface area contributed by atoms with Crippen LogP contribution in [0.15, 0.2) is 0 Å². The average Bonchev–Trinajstić information content (AvgIpc) is 3.19. The van der Waals surface area contributed by atoms with Gasteiger partial charge in [-0.2, -0.15) is 0 Å². The maximum Gasteiger partial charge on any atom is 0.472 e. The summed E-state index contributed by atoms with van der Waals surface area (Å²) in [6.07, 6.45) is 21.0. The summed E-state index contributed by atoms with van der Waals surface area (Å²) in [7, 11) is -5.10. The predicted octanol–water partition coefficient (Wildman–Crippen LogP) is 8.50. The van der Waals surface area contributed by atoms with Gasteiger partial charge in [-0.25, -0.2) is 4.57 Å². The number of rotatable bonds is 38. The molecular formula is C43H83O13P. The van der Waals surface area contributed by atoms with Gasteiger partial charge in [0.05, 0.1) is 6.61 Å². The van der Waals surface area contributed by atoms with Crippen molar-refractivity contribution in [3.8, 4) is 0 Å². The van der Waals surface area contributed by atoms with Crippen LogP contribution in [-0.2, 0) is 32.7 Å². The quantitative estimate of drug-likeness (QED) is 0.0196. The largest absolute Gasteiger partial charge is 0.472 e. The van der Waals surface area contributed by atoms with Crippen molar-refractivity contribution >= 4 is 19.8 Å². The lowest BCUT2D eigenvalue weighted by molar-refractivity contribution is -0.220. The van der Waals surface area contributed by atoms with Gasteiger partial charge in [0.2, 0.25) is 0 Å². The lowest BCUT2D eigenvalue weighted by Gasteiger charge is -2.41. The van der Waals surface area contributed by atoms with E-state index in [1.165, 1.54) is 122 Å². The molecule has 0 radical (unpaired) electrons. The summed E-state index contributed by atoms with van der Waals surface area (Å²) in [5.74, 6) is -1.10. The third-order valence-corrected chi connectivity index (χ3v) is 11.9. The third-order valence-electron chi connectivity index (χ3n) is 10.9. The summed E-state index contributed by atoms with van der Waals surface area (Å²) < 4.78 is 33.3. The minimum Gasteiger partial charge on any atom is -0.462 e. The van der Waals surface area contributed by atoms with Gasteiger partial charge in [-0.3, -0.25) is 18.6 Å². The van der Waals surface area contributed by atoms with Gasteiger partial charge >= 0.3 is 19.8 Å². The van der Waals surface area contributed by atoms with E-state index in [2.05, 4.69) is 13.8 Å². The zero-order valence-corrected chi connectivity index (χ0v) is 36.6. The van der Waals surface area contributed by atoms with Crippen LogP contribution in [0.2, 0.25) is 0 Å². The van der Waals surface area contributed by atoms with E-state index in [4.69, 9.17) is 18.5 Å². The Labute approximate surface area is 344 Å². The first-order valence-electron chi connectivity index (χ1n) is 22.8. The Morgan fingerprint density at radius 3 is 1.16 bits per heavy atom. The number of ether oxygens (including phenoxy) is 2. The molecule has 1 aliphatic rings. The number of hydrogen-bond donors (Lipinski definition) is 6. The maximum absolute atomic E-state index is 12.7. The first kappa shape index (κ1) is 53.9. The molecule has 1 rings (SSSR count). The van der Waals surface area contributed by atoms with Crippen molar-refractivity contribution in [2.75, 3.05) is 13.2 Å². The Balaban J connectivity index is 2.27. The molecule has 1 fully saturated rings. The van der Waals surface area contributed by atoms with E-state index in [0.29, 0.717) is 12.8 Å². The van der Waals surface area contributed by atoms with E-state index in [1.807, 2.05) is 0 Å². The molecule has 0 amide bonds. The Kier molecular flexibility index (Phi) is 32.7. The van der Waals surface area contributed by atoms with Crippen LogP contribution in [0.3, 0.4) is 0 Å². The molecule has 0 aromatic heterocycles. The number of phosphoric acid groups is 1. The second-order valence-electron chi connectivity index (χ2n) is 16.3. The summed E-state index contributed by atoms with van der Waals surface area (Å²) in [6, 6.07) is 0. The van der Waals surface area contributed by atoms with Gasteiger partial charge in [0.25, 0.3) is 0 Å². The number of phosphoric ester groups is 1. The third kappa shape index (κ3) is 27.3. The van der Waals surface area contributed by atoms with E-state index in [9.17, 15) is 44.6 Å². The standard InChI is InChI=1S/C43H83O13P/c1-3-5-7-9-10-11-12-13-14-15-16-17-18-19-20-21-22-23-24-25-26-28-30-32-37(45)55-35(33-53-36(44)31-29-27-8-6-4-2)34-54-57(51,52)56-43-41(49)39(47)38(46)40(48)42(43)50/h35,38-43,46-50H,3-34H2,1-2H3,(H,51,52). The van der Waals surface area contributed by atoms with Gasteiger partial charge < -0.3 is 39.9 Å². The summed E-state index contributed by atoms with van der Waals surface area (Å²) in [5, 5.41) is 49.9. The highest BCUT2D eigenvalue weighted by Gasteiger charge is 2.51. The number of carbonyl (C=O) groups excluding carboxylic acids is 2. The van der Waals surface area contributed by atoms with Crippen LogP contribution in [0.4, 0.5) is 0 Å². The van der Waals surface area contributed by atoms with E-state index < -0.39 is 75.7 Å².